The monoisotopic (exact) mass is 214 g/mol. The van der Waals surface area contributed by atoms with Gasteiger partial charge in [0.05, 0.1) is 0 Å². The molecule has 0 aliphatic rings. The first kappa shape index (κ1) is 12.1. The van der Waals surface area contributed by atoms with Crippen molar-refractivity contribution < 1.29 is 8.78 Å². The lowest BCUT2D eigenvalue weighted by Crippen LogP contribution is -2.40. The van der Waals surface area contributed by atoms with Gasteiger partial charge < -0.3 is 0 Å². The molecule has 0 aliphatic heterocycles. The normalized spacial score (nSPS) is 13.2. The molecule has 2 nitrogen and oxygen atoms in total. The number of nitrogens with one attached hydrogen (secondary N) is 1. The van der Waals surface area contributed by atoms with Crippen LogP contribution in [-0.2, 0) is 6.42 Å². The van der Waals surface area contributed by atoms with Crippen molar-refractivity contribution in [3.8, 4) is 0 Å². The molecule has 0 saturated carbocycles. The van der Waals surface area contributed by atoms with E-state index in [-0.39, 0.29) is 12.0 Å². The first-order valence-electron chi connectivity index (χ1n) is 4.95. The molecule has 4 heteroatoms. The second-order valence-electron chi connectivity index (χ2n) is 3.93. The van der Waals surface area contributed by atoms with Crippen LogP contribution in [0, 0.1) is 17.6 Å². The topological polar surface area (TPSA) is 38.0 Å². The molecular weight excluding hydrogens is 198 g/mol. The molecule has 0 bridgehead atoms. The smallest absolute Gasteiger partial charge is 0.162 e. The predicted octanol–water partition coefficient (Wildman–Crippen LogP) is 2.00. The summed E-state index contributed by atoms with van der Waals surface area (Å²) in [5.41, 5.74) is 2.96. The fraction of sp³-hybridized carbons (Fsp3) is 0.455. The Morgan fingerprint density at radius 2 is 2.00 bits per heavy atom. The van der Waals surface area contributed by atoms with Gasteiger partial charge >= 0.3 is 0 Å². The van der Waals surface area contributed by atoms with Gasteiger partial charge in [-0.25, -0.2) is 8.78 Å². The summed E-state index contributed by atoms with van der Waals surface area (Å²) >= 11 is 0. The van der Waals surface area contributed by atoms with E-state index in [0.717, 1.165) is 6.07 Å². The minimum Gasteiger partial charge on any atom is -0.271 e. The molecular formula is C11H16F2N2. The Morgan fingerprint density at radius 1 is 1.33 bits per heavy atom. The largest absolute Gasteiger partial charge is 0.271 e. The van der Waals surface area contributed by atoms with E-state index >= 15 is 0 Å². The summed E-state index contributed by atoms with van der Waals surface area (Å²) in [6.07, 6.45) is 0.387. The average Bonchev–Trinajstić information content (AvgIpc) is 2.19. The molecule has 0 amide bonds. The van der Waals surface area contributed by atoms with Crippen LogP contribution in [0.5, 0.6) is 0 Å². The van der Waals surface area contributed by atoms with Crippen LogP contribution in [-0.4, -0.2) is 6.04 Å². The molecule has 0 aliphatic carbocycles. The highest BCUT2D eigenvalue weighted by Gasteiger charge is 2.15. The molecule has 1 unspecified atom stereocenters. The van der Waals surface area contributed by atoms with E-state index in [4.69, 9.17) is 5.84 Å². The van der Waals surface area contributed by atoms with Gasteiger partial charge in [-0.05, 0) is 24.0 Å². The lowest BCUT2D eigenvalue weighted by atomic mass is 9.97. The number of nitrogens with two attached hydrogens (primary N) is 1. The summed E-state index contributed by atoms with van der Waals surface area (Å²) in [6, 6.07) is 4.13. The zero-order valence-electron chi connectivity index (χ0n) is 8.93. The average molecular weight is 214 g/mol. The molecule has 84 valence electrons. The van der Waals surface area contributed by atoms with Crippen molar-refractivity contribution in [3.05, 3.63) is 35.4 Å². The molecule has 15 heavy (non-hydrogen) atoms. The van der Waals surface area contributed by atoms with Gasteiger partial charge in [0.15, 0.2) is 11.6 Å². The maximum absolute atomic E-state index is 13.3. The minimum absolute atomic E-state index is 0.0544. The van der Waals surface area contributed by atoms with Crippen molar-refractivity contribution in [1.82, 2.24) is 5.43 Å². The molecule has 0 aromatic heterocycles. The van der Waals surface area contributed by atoms with Crippen molar-refractivity contribution in [1.29, 1.82) is 0 Å². The lowest BCUT2D eigenvalue weighted by Gasteiger charge is -2.19. The molecule has 3 N–H and O–H groups in total. The molecule has 1 atom stereocenters. The molecule has 1 aromatic rings. The quantitative estimate of drug-likeness (QED) is 0.594. The third kappa shape index (κ3) is 2.97. The van der Waals surface area contributed by atoms with Gasteiger partial charge in [-0.1, -0.05) is 26.0 Å². The van der Waals surface area contributed by atoms with E-state index in [1.165, 1.54) is 6.07 Å². The van der Waals surface area contributed by atoms with Crippen LogP contribution in [0.25, 0.3) is 0 Å². The summed E-state index contributed by atoms with van der Waals surface area (Å²) in [5.74, 6) is 4.01. The van der Waals surface area contributed by atoms with Crippen molar-refractivity contribution in [2.45, 2.75) is 26.3 Å². The van der Waals surface area contributed by atoms with E-state index in [0.29, 0.717) is 12.0 Å². The molecule has 0 spiro atoms. The summed E-state index contributed by atoms with van der Waals surface area (Å²) < 4.78 is 26.2. The van der Waals surface area contributed by atoms with Gasteiger partial charge in [-0.3, -0.25) is 11.3 Å². The van der Waals surface area contributed by atoms with Gasteiger partial charge in [0, 0.05) is 6.04 Å². The minimum atomic E-state index is -0.813. The Balaban J connectivity index is 2.84. The van der Waals surface area contributed by atoms with Crippen LogP contribution in [0.4, 0.5) is 8.78 Å². The van der Waals surface area contributed by atoms with E-state index in [9.17, 15) is 8.78 Å². The summed E-state index contributed by atoms with van der Waals surface area (Å²) in [7, 11) is 0. The molecule has 0 saturated heterocycles. The summed E-state index contributed by atoms with van der Waals surface area (Å²) in [5, 5.41) is 0. The highest BCUT2D eigenvalue weighted by molar-refractivity contribution is 5.20. The fourth-order valence-corrected chi connectivity index (χ4v) is 1.43. The van der Waals surface area contributed by atoms with Crippen molar-refractivity contribution >= 4 is 0 Å². The van der Waals surface area contributed by atoms with Gasteiger partial charge in [0.2, 0.25) is 0 Å². The second kappa shape index (κ2) is 5.19. The highest BCUT2D eigenvalue weighted by atomic mass is 19.2. The zero-order chi connectivity index (χ0) is 11.4. The van der Waals surface area contributed by atoms with E-state index in [1.807, 2.05) is 13.8 Å². The van der Waals surface area contributed by atoms with Crippen LogP contribution < -0.4 is 11.3 Å². The Hall–Kier alpha value is -1.00. The second-order valence-corrected chi connectivity index (χ2v) is 3.93. The van der Waals surface area contributed by atoms with E-state index in [2.05, 4.69) is 5.43 Å². The molecule has 0 fully saturated rings. The maximum Gasteiger partial charge on any atom is 0.162 e. The Labute approximate surface area is 88.4 Å². The first-order valence-corrected chi connectivity index (χ1v) is 4.95. The lowest BCUT2D eigenvalue weighted by molar-refractivity contribution is 0.395. The van der Waals surface area contributed by atoms with Crippen molar-refractivity contribution in [2.75, 3.05) is 0 Å². The Bertz CT molecular complexity index is 326. The third-order valence-corrected chi connectivity index (χ3v) is 2.49. The SMILES string of the molecule is CC(C)C(Cc1cccc(F)c1F)NN. The number of hydrogen-bond acceptors (Lipinski definition) is 2. The van der Waals surface area contributed by atoms with Gasteiger partial charge in [-0.2, -0.15) is 0 Å². The van der Waals surface area contributed by atoms with Crippen molar-refractivity contribution in [2.24, 2.45) is 11.8 Å². The van der Waals surface area contributed by atoms with Crippen molar-refractivity contribution in [3.63, 3.8) is 0 Å². The van der Waals surface area contributed by atoms with E-state index < -0.39 is 11.6 Å². The standard InChI is InChI=1S/C11H16F2N2/c1-7(2)10(15-14)6-8-4-3-5-9(12)11(8)13/h3-5,7,10,15H,6,14H2,1-2H3. The van der Waals surface area contributed by atoms with Crippen LogP contribution in [0.3, 0.4) is 0 Å². The number of rotatable bonds is 4. The van der Waals surface area contributed by atoms with Crippen LogP contribution >= 0.6 is 0 Å². The third-order valence-electron chi connectivity index (χ3n) is 2.49. The van der Waals surface area contributed by atoms with Gasteiger partial charge in [0.25, 0.3) is 0 Å². The zero-order valence-corrected chi connectivity index (χ0v) is 8.93. The molecule has 1 aromatic carbocycles. The Morgan fingerprint density at radius 3 is 2.53 bits per heavy atom. The van der Waals surface area contributed by atoms with Crippen LogP contribution in [0.2, 0.25) is 0 Å². The molecule has 1 rings (SSSR count). The van der Waals surface area contributed by atoms with E-state index in [1.54, 1.807) is 6.07 Å². The highest BCUT2D eigenvalue weighted by Crippen LogP contribution is 2.15. The van der Waals surface area contributed by atoms with Crippen LogP contribution in [0.15, 0.2) is 18.2 Å². The van der Waals surface area contributed by atoms with Crippen LogP contribution in [0.1, 0.15) is 19.4 Å². The van der Waals surface area contributed by atoms with Gasteiger partial charge in [-0.15, -0.1) is 0 Å². The van der Waals surface area contributed by atoms with Gasteiger partial charge in [0.1, 0.15) is 0 Å². The molecule has 0 radical (unpaired) electrons. The number of hydrazine groups is 1. The maximum atomic E-state index is 13.3. The summed E-state index contributed by atoms with van der Waals surface area (Å²) in [4.78, 5) is 0. The Kier molecular flexibility index (Phi) is 4.17. The molecule has 0 heterocycles. The fourth-order valence-electron chi connectivity index (χ4n) is 1.43. The summed E-state index contributed by atoms with van der Waals surface area (Å²) in [6.45, 7) is 3.95. The first-order chi connectivity index (χ1) is 7.06. The predicted molar refractivity (Wildman–Crippen MR) is 56.0 cm³/mol. The number of halogens is 2. The number of benzene rings is 1. The number of hydrogen-bond donors (Lipinski definition) is 2.